The van der Waals surface area contributed by atoms with Crippen LogP contribution in [0.25, 0.3) is 0 Å². The van der Waals surface area contributed by atoms with E-state index < -0.39 is 6.61 Å². The van der Waals surface area contributed by atoms with Gasteiger partial charge in [0.2, 0.25) is 0 Å². The highest BCUT2D eigenvalue weighted by molar-refractivity contribution is 14.0. The van der Waals surface area contributed by atoms with Gasteiger partial charge in [0.25, 0.3) is 0 Å². The zero-order valence-corrected chi connectivity index (χ0v) is 16.7. The molecule has 9 heteroatoms. The minimum absolute atomic E-state index is 0. The van der Waals surface area contributed by atoms with Gasteiger partial charge in [-0.3, -0.25) is 0 Å². The van der Waals surface area contributed by atoms with E-state index in [1.807, 2.05) is 13.8 Å². The second-order valence-electron chi connectivity index (χ2n) is 4.45. The van der Waals surface area contributed by atoms with Gasteiger partial charge in [-0.15, -0.1) is 24.0 Å². The number of aliphatic imine (C=N–C) groups is 1. The fourth-order valence-electron chi connectivity index (χ4n) is 1.77. The minimum atomic E-state index is -2.89. The summed E-state index contributed by atoms with van der Waals surface area (Å²) in [5, 5.41) is 6.59. The summed E-state index contributed by atoms with van der Waals surface area (Å²) < 4.78 is 34.6. The molecule has 0 unspecified atom stereocenters. The van der Waals surface area contributed by atoms with Crippen molar-refractivity contribution in [1.29, 1.82) is 0 Å². The standard InChI is InChI=1S/C15H22ClF2N3O2.HI/c1-3-19-15(20-7-8-22-4-2)21-10-11-9-12(16)5-6-13(11)23-14(17)18;/h5-6,9,14H,3-4,7-8,10H2,1-2H3,(H2,19,20,21);1H. The third-order valence-corrected chi connectivity index (χ3v) is 2.97. The second kappa shape index (κ2) is 13.4. The van der Waals surface area contributed by atoms with Gasteiger partial charge in [0.05, 0.1) is 13.2 Å². The van der Waals surface area contributed by atoms with Crippen LogP contribution >= 0.6 is 35.6 Å². The van der Waals surface area contributed by atoms with Crippen molar-refractivity contribution in [3.8, 4) is 5.75 Å². The molecule has 24 heavy (non-hydrogen) atoms. The van der Waals surface area contributed by atoms with Crippen molar-refractivity contribution in [2.45, 2.75) is 27.0 Å². The molecule has 0 radical (unpaired) electrons. The smallest absolute Gasteiger partial charge is 0.387 e. The average molecular weight is 478 g/mol. The quantitative estimate of drug-likeness (QED) is 0.247. The Morgan fingerprint density at radius 1 is 1.29 bits per heavy atom. The van der Waals surface area contributed by atoms with Crippen molar-refractivity contribution in [3.05, 3.63) is 28.8 Å². The molecule has 0 heterocycles. The molecule has 0 bridgehead atoms. The summed E-state index contributed by atoms with van der Waals surface area (Å²) in [6.45, 7) is 3.59. The number of rotatable bonds is 9. The maximum Gasteiger partial charge on any atom is 0.387 e. The van der Waals surface area contributed by atoms with Gasteiger partial charge in [0.15, 0.2) is 5.96 Å². The van der Waals surface area contributed by atoms with Crippen molar-refractivity contribution in [2.24, 2.45) is 4.99 Å². The summed E-state index contributed by atoms with van der Waals surface area (Å²) in [6.07, 6.45) is 0. The third kappa shape index (κ3) is 9.43. The highest BCUT2D eigenvalue weighted by Gasteiger charge is 2.10. The van der Waals surface area contributed by atoms with Crippen LogP contribution in [0.2, 0.25) is 5.02 Å². The van der Waals surface area contributed by atoms with Gasteiger partial charge < -0.3 is 20.1 Å². The van der Waals surface area contributed by atoms with E-state index >= 15 is 0 Å². The summed E-state index contributed by atoms with van der Waals surface area (Å²) in [6, 6.07) is 4.47. The van der Waals surface area contributed by atoms with Crippen molar-refractivity contribution in [1.82, 2.24) is 10.6 Å². The van der Waals surface area contributed by atoms with E-state index in [-0.39, 0.29) is 36.3 Å². The topological polar surface area (TPSA) is 54.9 Å². The fourth-order valence-corrected chi connectivity index (χ4v) is 1.97. The first-order chi connectivity index (χ1) is 11.1. The summed E-state index contributed by atoms with van der Waals surface area (Å²) in [5.74, 6) is 0.633. The molecule has 1 aromatic carbocycles. The highest BCUT2D eigenvalue weighted by Crippen LogP contribution is 2.25. The normalized spacial score (nSPS) is 11.2. The molecule has 138 valence electrons. The molecule has 0 fully saturated rings. The van der Waals surface area contributed by atoms with Gasteiger partial charge >= 0.3 is 6.61 Å². The van der Waals surface area contributed by atoms with Crippen molar-refractivity contribution >= 4 is 41.5 Å². The number of nitrogens with zero attached hydrogens (tertiary/aromatic N) is 1. The predicted molar refractivity (Wildman–Crippen MR) is 103 cm³/mol. The molecule has 0 aromatic heterocycles. The van der Waals surface area contributed by atoms with Gasteiger partial charge in [0, 0.05) is 30.3 Å². The molecule has 0 aliphatic carbocycles. The number of hydrogen-bond acceptors (Lipinski definition) is 3. The first-order valence-corrected chi connectivity index (χ1v) is 7.77. The third-order valence-electron chi connectivity index (χ3n) is 2.73. The van der Waals surface area contributed by atoms with E-state index in [0.29, 0.717) is 42.8 Å². The lowest BCUT2D eigenvalue weighted by Crippen LogP contribution is -2.39. The molecule has 0 atom stereocenters. The highest BCUT2D eigenvalue weighted by atomic mass is 127. The van der Waals surface area contributed by atoms with E-state index in [0.717, 1.165) is 0 Å². The number of guanidine groups is 1. The van der Waals surface area contributed by atoms with Crippen molar-refractivity contribution in [3.63, 3.8) is 0 Å². The molecule has 1 rings (SSSR count). The van der Waals surface area contributed by atoms with Crippen LogP contribution in [0.1, 0.15) is 19.4 Å². The average Bonchev–Trinajstić information content (AvgIpc) is 2.51. The van der Waals surface area contributed by atoms with Gasteiger partial charge in [-0.1, -0.05) is 11.6 Å². The molecule has 0 saturated carbocycles. The van der Waals surface area contributed by atoms with Crippen LogP contribution in [-0.4, -0.2) is 38.9 Å². The first-order valence-electron chi connectivity index (χ1n) is 7.40. The van der Waals surface area contributed by atoms with Crippen LogP contribution in [0.4, 0.5) is 8.78 Å². The summed E-state index contributed by atoms with van der Waals surface area (Å²) in [7, 11) is 0. The Bertz CT molecular complexity index is 508. The Kier molecular flexibility index (Phi) is 12.9. The van der Waals surface area contributed by atoms with Crippen LogP contribution in [0.5, 0.6) is 5.75 Å². The molecule has 0 spiro atoms. The van der Waals surface area contributed by atoms with Crippen molar-refractivity contribution < 1.29 is 18.3 Å². The number of halogens is 4. The van der Waals surface area contributed by atoms with Gasteiger partial charge in [-0.25, -0.2) is 4.99 Å². The molecule has 1 aromatic rings. The van der Waals surface area contributed by atoms with E-state index in [1.165, 1.54) is 12.1 Å². The van der Waals surface area contributed by atoms with Crippen LogP contribution in [0, 0.1) is 0 Å². The Balaban J connectivity index is 0.00000529. The number of benzene rings is 1. The molecule has 0 aliphatic rings. The Morgan fingerprint density at radius 3 is 2.67 bits per heavy atom. The van der Waals surface area contributed by atoms with Crippen LogP contribution in [0.3, 0.4) is 0 Å². The molecule has 2 N–H and O–H groups in total. The van der Waals surface area contributed by atoms with E-state index in [4.69, 9.17) is 16.3 Å². The minimum Gasteiger partial charge on any atom is -0.434 e. The number of ether oxygens (including phenoxy) is 2. The predicted octanol–water partition coefficient (Wildman–Crippen LogP) is 3.65. The molecular weight excluding hydrogens is 455 g/mol. The number of hydrogen-bond donors (Lipinski definition) is 2. The zero-order valence-electron chi connectivity index (χ0n) is 13.7. The number of nitrogens with one attached hydrogen (secondary N) is 2. The summed E-state index contributed by atoms with van der Waals surface area (Å²) >= 11 is 5.91. The Morgan fingerprint density at radius 2 is 2.04 bits per heavy atom. The van der Waals surface area contributed by atoms with Crippen LogP contribution < -0.4 is 15.4 Å². The monoisotopic (exact) mass is 477 g/mol. The summed E-state index contributed by atoms with van der Waals surface area (Å²) in [5.41, 5.74) is 0.486. The molecule has 0 amide bonds. The van der Waals surface area contributed by atoms with Gasteiger partial charge in [0.1, 0.15) is 5.75 Å². The lowest BCUT2D eigenvalue weighted by atomic mass is 10.2. The van der Waals surface area contributed by atoms with E-state index in [9.17, 15) is 8.78 Å². The van der Waals surface area contributed by atoms with Gasteiger partial charge in [-0.2, -0.15) is 8.78 Å². The maximum atomic E-state index is 12.4. The SMILES string of the molecule is CCNC(=NCc1cc(Cl)ccc1OC(F)F)NCCOCC.I. The molecule has 5 nitrogen and oxygen atoms in total. The van der Waals surface area contributed by atoms with Crippen molar-refractivity contribution in [2.75, 3.05) is 26.3 Å². The molecule has 0 saturated heterocycles. The zero-order chi connectivity index (χ0) is 17.1. The largest absolute Gasteiger partial charge is 0.434 e. The summed E-state index contributed by atoms with van der Waals surface area (Å²) in [4.78, 5) is 4.35. The lowest BCUT2D eigenvalue weighted by Gasteiger charge is -2.13. The molecular formula is C15H23ClF2IN3O2. The van der Waals surface area contributed by atoms with E-state index in [2.05, 4.69) is 20.4 Å². The first kappa shape index (κ1) is 23.1. The number of alkyl halides is 2. The fraction of sp³-hybridized carbons (Fsp3) is 0.533. The van der Waals surface area contributed by atoms with Crippen LogP contribution in [0.15, 0.2) is 23.2 Å². The second-order valence-corrected chi connectivity index (χ2v) is 4.89. The Labute approximate surface area is 163 Å². The maximum absolute atomic E-state index is 12.4. The molecule has 0 aliphatic heterocycles. The van der Waals surface area contributed by atoms with Crippen LogP contribution in [-0.2, 0) is 11.3 Å². The Hall–Kier alpha value is -0.870. The van der Waals surface area contributed by atoms with Gasteiger partial charge in [-0.05, 0) is 32.0 Å². The van der Waals surface area contributed by atoms with E-state index in [1.54, 1.807) is 6.07 Å². The lowest BCUT2D eigenvalue weighted by molar-refractivity contribution is -0.0504.